The highest BCUT2D eigenvalue weighted by atomic mass is 31.2. The number of aromatic amines is 1. The Balaban J connectivity index is 2.06. The predicted molar refractivity (Wildman–Crippen MR) is 102 cm³/mol. The molecule has 1 N–H and O–H groups in total. The topological polar surface area (TPSA) is 177 Å². The van der Waals surface area contributed by atoms with Gasteiger partial charge in [-0.25, -0.2) is 9.36 Å². The van der Waals surface area contributed by atoms with Crippen LogP contribution in [0.1, 0.15) is 0 Å². The average Bonchev–Trinajstić information content (AvgIpc) is 2.71. The van der Waals surface area contributed by atoms with Crippen LogP contribution in [-0.2, 0) is 4.57 Å². The van der Waals surface area contributed by atoms with Crippen molar-refractivity contribution >= 4 is 19.1 Å². The maximum absolute atomic E-state index is 13.8. The lowest BCUT2D eigenvalue weighted by molar-refractivity contribution is -0.385. The Morgan fingerprint density at radius 2 is 1.29 bits per heavy atom. The van der Waals surface area contributed by atoms with E-state index in [1.807, 2.05) is 0 Å². The molecular weight excluding hydrogens is 442 g/mol. The number of rotatable bonds is 7. The van der Waals surface area contributed by atoms with E-state index in [-0.39, 0.29) is 27.2 Å². The first-order valence-electron chi connectivity index (χ1n) is 8.09. The number of benzene rings is 2. The quantitative estimate of drug-likeness (QED) is 0.321. The summed E-state index contributed by atoms with van der Waals surface area (Å²) in [5.41, 5.74) is -3.34. The first kappa shape index (κ1) is 21.4. The molecule has 13 nitrogen and oxygen atoms in total. The number of hydrogen-bond donors (Lipinski definition) is 1. The molecule has 1 aromatic heterocycles. The van der Waals surface area contributed by atoms with Gasteiger partial charge in [-0.2, -0.15) is 8.73 Å². The van der Waals surface area contributed by atoms with Crippen molar-refractivity contribution < 1.29 is 27.8 Å². The van der Waals surface area contributed by atoms with Gasteiger partial charge in [0.2, 0.25) is 5.82 Å². The number of nitrogens with zero attached hydrogens (tertiary/aromatic N) is 3. The van der Waals surface area contributed by atoms with Gasteiger partial charge in [-0.15, -0.1) is 0 Å². The minimum Gasteiger partial charge on any atom is -0.400 e. The van der Waals surface area contributed by atoms with E-state index in [1.165, 1.54) is 0 Å². The molecule has 3 aromatic rings. The summed E-state index contributed by atoms with van der Waals surface area (Å²) >= 11 is 0. The third kappa shape index (κ3) is 4.64. The highest BCUT2D eigenvalue weighted by Crippen LogP contribution is 2.48. The highest BCUT2D eigenvalue weighted by molar-refractivity contribution is 7.53. The minimum absolute atomic E-state index is 0.173. The molecule has 1 heterocycles. The fraction of sp³-hybridized carbons (Fsp3) is 0. The maximum atomic E-state index is 13.8. The first-order chi connectivity index (χ1) is 14.6. The van der Waals surface area contributed by atoms with Crippen molar-refractivity contribution in [2.45, 2.75) is 0 Å². The Morgan fingerprint density at radius 1 is 0.871 bits per heavy atom. The summed E-state index contributed by atoms with van der Waals surface area (Å²) in [6.45, 7) is 0. The molecule has 0 saturated heterocycles. The second-order valence-electron chi connectivity index (χ2n) is 5.73. The fourth-order valence-corrected chi connectivity index (χ4v) is 3.76. The normalized spacial score (nSPS) is 11.0. The van der Waals surface area contributed by atoms with E-state index in [2.05, 4.69) is 0 Å². The van der Waals surface area contributed by atoms with Gasteiger partial charge in [-0.05, 0) is 24.3 Å². The molecule has 31 heavy (non-hydrogen) atoms. The predicted octanol–water partition coefficient (Wildman–Crippen LogP) is 2.61. The van der Waals surface area contributed by atoms with Crippen molar-refractivity contribution in [1.29, 1.82) is 0 Å². The third-order valence-corrected chi connectivity index (χ3v) is 5.39. The molecule has 0 spiro atoms. The molecule has 0 aliphatic heterocycles. The van der Waals surface area contributed by atoms with E-state index in [0.717, 1.165) is 48.5 Å². The van der Waals surface area contributed by atoms with Crippen LogP contribution >= 0.6 is 7.75 Å². The summed E-state index contributed by atoms with van der Waals surface area (Å²) in [6.07, 6.45) is 0.304. The summed E-state index contributed by atoms with van der Waals surface area (Å²) in [4.78, 5) is 45.2. The summed E-state index contributed by atoms with van der Waals surface area (Å²) in [7, 11) is -4.82. The smallest absolute Gasteiger partial charge is 0.400 e. The van der Waals surface area contributed by atoms with Crippen molar-refractivity contribution in [2.75, 3.05) is 0 Å². The highest BCUT2D eigenvalue weighted by Gasteiger charge is 2.34. The van der Waals surface area contributed by atoms with Crippen LogP contribution in [0.2, 0.25) is 0 Å². The second-order valence-corrected chi connectivity index (χ2v) is 7.47. The van der Waals surface area contributed by atoms with Gasteiger partial charge >= 0.3 is 13.4 Å². The van der Waals surface area contributed by atoms with Crippen LogP contribution < -0.4 is 20.3 Å². The van der Waals surface area contributed by atoms with Crippen molar-refractivity contribution in [2.24, 2.45) is 0 Å². The lowest BCUT2D eigenvalue weighted by Gasteiger charge is -2.20. The summed E-state index contributed by atoms with van der Waals surface area (Å²) < 4.78 is 37.8. The lowest BCUT2D eigenvalue weighted by atomic mass is 10.3. The Hall–Kier alpha value is -4.32. The third-order valence-electron chi connectivity index (χ3n) is 3.68. The zero-order valence-electron chi connectivity index (χ0n) is 15.0. The molecular formula is C16H10FN4O9P. The molecule has 160 valence electrons. The Labute approximate surface area is 170 Å². The summed E-state index contributed by atoms with van der Waals surface area (Å²) in [5.74, 6) is -1.98. The molecule has 0 unspecified atom stereocenters. The summed E-state index contributed by atoms with van der Waals surface area (Å²) in [5, 5.41) is 21.5. The fourth-order valence-electron chi connectivity index (χ4n) is 2.25. The van der Waals surface area contributed by atoms with Gasteiger partial charge in [-0.1, -0.05) is 0 Å². The molecule has 0 radical (unpaired) electrons. The Morgan fingerprint density at radius 3 is 1.68 bits per heavy atom. The Kier molecular flexibility index (Phi) is 5.66. The number of non-ortho nitro benzene ring substituents is 2. The van der Waals surface area contributed by atoms with Gasteiger partial charge in [0, 0.05) is 24.3 Å². The minimum atomic E-state index is -4.82. The molecule has 0 saturated carbocycles. The summed E-state index contributed by atoms with van der Waals surface area (Å²) in [6, 6.07) is 8.27. The van der Waals surface area contributed by atoms with Gasteiger partial charge in [-0.3, -0.25) is 30.0 Å². The van der Waals surface area contributed by atoms with Crippen LogP contribution in [0.25, 0.3) is 0 Å². The van der Waals surface area contributed by atoms with Crippen LogP contribution in [-0.4, -0.2) is 19.2 Å². The van der Waals surface area contributed by atoms with Crippen LogP contribution in [0, 0.1) is 26.0 Å². The van der Waals surface area contributed by atoms with Crippen LogP contribution in [0.4, 0.5) is 15.8 Å². The van der Waals surface area contributed by atoms with E-state index < -0.39 is 34.7 Å². The molecule has 3 rings (SSSR count). The van der Waals surface area contributed by atoms with Gasteiger partial charge in [0.15, 0.2) is 0 Å². The standard InChI is InChI=1S/C16H10FN4O9P/c17-14-9-19(16(23)18-15(14)22)31(28,29-12-5-1-10(2-6-12)20(24)25)30-13-7-3-11(4-8-13)21(26)27/h1-9H,(H,18,22,23). The van der Waals surface area contributed by atoms with E-state index in [0.29, 0.717) is 6.20 Å². The molecule has 0 fully saturated rings. The average molecular weight is 452 g/mol. The maximum Gasteiger partial charge on any atom is 0.552 e. The SMILES string of the molecule is O=c1[nH]c(=O)n(P(=O)(Oc2ccc([N+](=O)[O-])cc2)Oc2ccc([N+](=O)[O-])cc2)cc1F. The number of hydrogen-bond acceptors (Lipinski definition) is 9. The molecule has 0 bridgehead atoms. The number of nitro groups is 2. The Bertz CT molecular complexity index is 1260. The number of nitrogens with one attached hydrogen (secondary N) is 1. The second kappa shape index (κ2) is 8.20. The van der Waals surface area contributed by atoms with E-state index >= 15 is 0 Å². The van der Waals surface area contributed by atoms with Crippen molar-refractivity contribution in [1.82, 2.24) is 9.32 Å². The number of nitro benzene ring substituents is 2. The van der Waals surface area contributed by atoms with Crippen LogP contribution in [0.5, 0.6) is 11.5 Å². The van der Waals surface area contributed by atoms with Gasteiger partial charge in [0.1, 0.15) is 11.5 Å². The lowest BCUT2D eigenvalue weighted by Crippen LogP contribution is -2.32. The van der Waals surface area contributed by atoms with Crippen molar-refractivity contribution in [3.05, 3.63) is 102 Å². The van der Waals surface area contributed by atoms with Gasteiger partial charge in [0.25, 0.3) is 16.9 Å². The largest absolute Gasteiger partial charge is 0.552 e. The molecule has 0 atom stereocenters. The molecule has 0 amide bonds. The molecule has 0 aliphatic carbocycles. The molecule has 0 aliphatic rings. The van der Waals surface area contributed by atoms with Gasteiger partial charge in [0.05, 0.1) is 16.0 Å². The molecule has 2 aromatic carbocycles. The van der Waals surface area contributed by atoms with E-state index in [1.54, 1.807) is 4.98 Å². The van der Waals surface area contributed by atoms with Crippen LogP contribution in [0.15, 0.2) is 64.3 Å². The zero-order valence-corrected chi connectivity index (χ0v) is 15.9. The number of aromatic nitrogens is 2. The van der Waals surface area contributed by atoms with Crippen LogP contribution in [0.3, 0.4) is 0 Å². The number of halogens is 1. The van der Waals surface area contributed by atoms with E-state index in [4.69, 9.17) is 9.05 Å². The van der Waals surface area contributed by atoms with Crippen molar-refractivity contribution in [3.8, 4) is 11.5 Å². The number of H-pyrrole nitrogens is 1. The monoisotopic (exact) mass is 452 g/mol. The zero-order chi connectivity index (χ0) is 22.8. The van der Waals surface area contributed by atoms with Crippen molar-refractivity contribution in [3.63, 3.8) is 0 Å². The molecule has 15 heteroatoms. The first-order valence-corrected chi connectivity index (χ1v) is 9.59. The van der Waals surface area contributed by atoms with E-state index in [9.17, 15) is 38.8 Å². The van der Waals surface area contributed by atoms with Gasteiger partial charge < -0.3 is 9.05 Å².